The molecule has 4 rings (SSSR count). The van der Waals surface area contributed by atoms with Crippen molar-refractivity contribution in [3.8, 4) is 23.1 Å². The number of carbonyl (C=O) groups excluding carboxylic acids is 1. The fourth-order valence-electron chi connectivity index (χ4n) is 4.36. The number of alkyl halides is 3. The first-order valence-corrected chi connectivity index (χ1v) is 11.0. The monoisotopic (exact) mass is 455 g/mol. The predicted octanol–water partition coefficient (Wildman–Crippen LogP) is 6.22. The Morgan fingerprint density at radius 3 is 2.39 bits per heavy atom. The van der Waals surface area contributed by atoms with Crippen molar-refractivity contribution in [3.05, 3.63) is 48.0 Å². The van der Waals surface area contributed by atoms with E-state index >= 15 is 0 Å². The van der Waals surface area contributed by atoms with Crippen molar-refractivity contribution in [2.24, 2.45) is 0 Å². The summed E-state index contributed by atoms with van der Waals surface area (Å²) in [4.78, 5) is 12.5. The van der Waals surface area contributed by atoms with E-state index in [9.17, 15) is 23.2 Å². The second-order valence-electron chi connectivity index (χ2n) is 8.00. The van der Waals surface area contributed by atoms with E-state index < -0.39 is 12.1 Å². The van der Waals surface area contributed by atoms with Crippen LogP contribution in [-0.2, 0) is 4.79 Å². The zero-order valence-corrected chi connectivity index (χ0v) is 18.4. The lowest BCUT2D eigenvalue weighted by atomic mass is 9.92. The van der Waals surface area contributed by atoms with E-state index in [0.717, 1.165) is 41.6 Å². The van der Waals surface area contributed by atoms with Crippen LogP contribution in [0.2, 0.25) is 0 Å². The Bertz CT molecular complexity index is 1220. The first-order chi connectivity index (χ1) is 15.8. The van der Waals surface area contributed by atoms with Gasteiger partial charge >= 0.3 is 12.1 Å². The first-order valence-electron chi connectivity index (χ1n) is 11.0. The fraction of sp³-hybridized carbons (Fsp3) is 0.360. The number of hydrogen-bond acceptors (Lipinski definition) is 3. The third-order valence-corrected chi connectivity index (χ3v) is 6.09. The normalized spacial score (nSPS) is 14.1. The molecule has 0 atom stereocenters. The van der Waals surface area contributed by atoms with Gasteiger partial charge in [-0.3, -0.25) is 4.79 Å². The third-order valence-electron chi connectivity index (χ3n) is 6.09. The zero-order valence-electron chi connectivity index (χ0n) is 18.4. The molecule has 0 bridgehead atoms. The summed E-state index contributed by atoms with van der Waals surface area (Å²) in [6.07, 6.45) is -1.87. The molecular formula is C25H24F3N3O2. The summed E-state index contributed by atoms with van der Waals surface area (Å²) in [5.41, 5.74) is 3.04. The molecule has 5 nitrogen and oxygen atoms in total. The number of hydrogen-bond donors (Lipinski definition) is 0. The van der Waals surface area contributed by atoms with Crippen molar-refractivity contribution in [2.75, 3.05) is 18.1 Å². The number of fused-ring (bicyclic) bond motifs is 1. The fourth-order valence-corrected chi connectivity index (χ4v) is 4.36. The van der Waals surface area contributed by atoms with Gasteiger partial charge in [0.1, 0.15) is 11.8 Å². The lowest BCUT2D eigenvalue weighted by molar-refractivity contribution is -0.170. The molecule has 172 valence electrons. The van der Waals surface area contributed by atoms with Gasteiger partial charge in [-0.1, -0.05) is 12.1 Å². The molecule has 1 aliphatic rings. The van der Waals surface area contributed by atoms with E-state index in [-0.39, 0.29) is 18.3 Å². The van der Waals surface area contributed by atoms with Crippen LogP contribution in [0.4, 0.5) is 18.9 Å². The Morgan fingerprint density at radius 2 is 1.88 bits per heavy atom. The molecule has 1 fully saturated rings. The van der Waals surface area contributed by atoms with Crippen LogP contribution in [0.25, 0.3) is 22.2 Å². The Hall–Kier alpha value is -3.47. The van der Waals surface area contributed by atoms with Crippen LogP contribution in [0.1, 0.15) is 44.7 Å². The van der Waals surface area contributed by atoms with E-state index in [1.54, 1.807) is 12.1 Å². The highest BCUT2D eigenvalue weighted by molar-refractivity contribution is 5.98. The molecule has 1 aliphatic carbocycles. The lowest BCUT2D eigenvalue weighted by Gasteiger charge is -2.30. The Labute approximate surface area is 190 Å². The Balaban J connectivity index is 1.84. The van der Waals surface area contributed by atoms with Crippen molar-refractivity contribution in [3.63, 3.8) is 0 Å². The standard InChI is InChI=1S/C25H24F3N3O2/c1-3-30(24(32)25(26,27)28)17-10-8-16(9-11-17)23-21(15-29)20-13-12-19(33-4-2)14-22(20)31(23)18-6-5-7-18/h8-14,18H,3-7H2,1-2H3. The highest BCUT2D eigenvalue weighted by Gasteiger charge is 2.42. The summed E-state index contributed by atoms with van der Waals surface area (Å²) >= 11 is 0. The summed E-state index contributed by atoms with van der Waals surface area (Å²) in [6.45, 7) is 3.82. The quantitative estimate of drug-likeness (QED) is 0.443. The first kappa shape index (κ1) is 22.7. The van der Waals surface area contributed by atoms with E-state index in [0.29, 0.717) is 22.6 Å². The highest BCUT2D eigenvalue weighted by Crippen LogP contribution is 2.43. The number of nitriles is 1. The number of nitrogens with zero attached hydrogens (tertiary/aromatic N) is 3. The van der Waals surface area contributed by atoms with Gasteiger partial charge in [0.25, 0.3) is 0 Å². The average Bonchev–Trinajstić information content (AvgIpc) is 3.06. The second-order valence-corrected chi connectivity index (χ2v) is 8.00. The van der Waals surface area contributed by atoms with Crippen LogP contribution >= 0.6 is 0 Å². The van der Waals surface area contributed by atoms with E-state index in [4.69, 9.17) is 4.74 Å². The van der Waals surface area contributed by atoms with Crippen molar-refractivity contribution < 1.29 is 22.7 Å². The molecule has 0 spiro atoms. The molecule has 0 radical (unpaired) electrons. The minimum atomic E-state index is -4.95. The maximum atomic E-state index is 13.0. The van der Waals surface area contributed by atoms with Gasteiger partial charge in [0.2, 0.25) is 0 Å². The van der Waals surface area contributed by atoms with Gasteiger partial charge in [0.15, 0.2) is 0 Å². The molecule has 0 unspecified atom stereocenters. The van der Waals surface area contributed by atoms with Crippen LogP contribution in [0, 0.1) is 11.3 Å². The third kappa shape index (κ3) is 4.04. The number of amides is 1. The maximum absolute atomic E-state index is 13.0. The van der Waals surface area contributed by atoms with Gasteiger partial charge in [0, 0.05) is 29.7 Å². The SMILES string of the molecule is CCOc1ccc2c(C#N)c(-c3ccc(N(CC)C(=O)C(F)(F)F)cc3)n(C3CCC3)c2c1. The summed E-state index contributed by atoms with van der Waals surface area (Å²) in [5.74, 6) is -1.18. The molecule has 3 aromatic rings. The van der Waals surface area contributed by atoms with Gasteiger partial charge in [-0.25, -0.2) is 0 Å². The van der Waals surface area contributed by atoms with Gasteiger partial charge in [-0.15, -0.1) is 0 Å². The van der Waals surface area contributed by atoms with Crippen molar-refractivity contribution in [1.29, 1.82) is 5.26 Å². The second kappa shape index (κ2) is 8.81. The Kier molecular flexibility index (Phi) is 6.07. The molecule has 2 aromatic carbocycles. The number of carbonyl (C=O) groups is 1. The Morgan fingerprint density at radius 1 is 1.18 bits per heavy atom. The minimum absolute atomic E-state index is 0.107. The molecule has 33 heavy (non-hydrogen) atoms. The van der Waals surface area contributed by atoms with E-state index in [1.165, 1.54) is 19.1 Å². The number of anilines is 1. The molecule has 0 aliphatic heterocycles. The van der Waals surface area contributed by atoms with Crippen molar-refractivity contribution in [2.45, 2.75) is 45.3 Å². The number of ether oxygens (including phenoxy) is 1. The van der Waals surface area contributed by atoms with Crippen LogP contribution in [0.15, 0.2) is 42.5 Å². The van der Waals surface area contributed by atoms with Gasteiger partial charge < -0.3 is 14.2 Å². The molecule has 1 amide bonds. The molecule has 0 saturated heterocycles. The topological polar surface area (TPSA) is 58.3 Å². The summed E-state index contributed by atoms with van der Waals surface area (Å²) in [5, 5.41) is 10.8. The molecule has 0 N–H and O–H groups in total. The van der Waals surface area contributed by atoms with Crippen LogP contribution in [-0.4, -0.2) is 29.8 Å². The predicted molar refractivity (Wildman–Crippen MR) is 120 cm³/mol. The van der Waals surface area contributed by atoms with Crippen LogP contribution in [0.5, 0.6) is 5.75 Å². The minimum Gasteiger partial charge on any atom is -0.494 e. The summed E-state index contributed by atoms with van der Waals surface area (Å²) < 4.78 is 46.7. The van der Waals surface area contributed by atoms with E-state index in [2.05, 4.69) is 10.6 Å². The zero-order chi connectivity index (χ0) is 23.8. The van der Waals surface area contributed by atoms with E-state index in [1.807, 2.05) is 25.1 Å². The van der Waals surface area contributed by atoms with Crippen LogP contribution < -0.4 is 9.64 Å². The molecule has 1 heterocycles. The number of benzene rings is 2. The highest BCUT2D eigenvalue weighted by atomic mass is 19.4. The smallest absolute Gasteiger partial charge is 0.471 e. The van der Waals surface area contributed by atoms with Gasteiger partial charge in [-0.2, -0.15) is 18.4 Å². The van der Waals surface area contributed by atoms with Gasteiger partial charge in [0.05, 0.1) is 23.4 Å². The molecular weight excluding hydrogens is 431 g/mol. The number of rotatable bonds is 6. The average molecular weight is 455 g/mol. The number of halogens is 3. The largest absolute Gasteiger partial charge is 0.494 e. The molecule has 1 aromatic heterocycles. The lowest BCUT2D eigenvalue weighted by Crippen LogP contribution is -2.41. The van der Waals surface area contributed by atoms with Crippen molar-refractivity contribution in [1.82, 2.24) is 4.57 Å². The maximum Gasteiger partial charge on any atom is 0.471 e. The molecule has 1 saturated carbocycles. The summed E-state index contributed by atoms with van der Waals surface area (Å²) in [6, 6.07) is 14.6. The van der Waals surface area contributed by atoms with Crippen LogP contribution in [0.3, 0.4) is 0 Å². The van der Waals surface area contributed by atoms with Crippen molar-refractivity contribution >= 4 is 22.5 Å². The molecule has 8 heteroatoms. The summed E-state index contributed by atoms with van der Waals surface area (Å²) in [7, 11) is 0. The van der Waals surface area contributed by atoms with Gasteiger partial charge in [-0.05, 0) is 62.9 Å². The number of aromatic nitrogens is 1.